The van der Waals surface area contributed by atoms with Crippen LogP contribution in [0.5, 0.6) is 0 Å². The first-order valence-corrected chi connectivity index (χ1v) is 3.12. The Bertz CT molecular complexity index is 198. The lowest BCUT2D eigenvalue weighted by molar-refractivity contribution is -0.166. The van der Waals surface area contributed by atoms with Crippen molar-refractivity contribution in [2.75, 3.05) is 0 Å². The minimum Gasteiger partial charge on any atom is -0.292 e. The van der Waals surface area contributed by atoms with Gasteiger partial charge in [0.2, 0.25) is 5.78 Å². The fourth-order valence-electron chi connectivity index (χ4n) is 0.514. The minimum atomic E-state index is -4.54. The van der Waals surface area contributed by atoms with E-state index in [1.807, 2.05) is 0 Å². The monoisotopic (exact) mass is 184 g/mol. The molecule has 0 heterocycles. The molecule has 0 saturated heterocycles. The highest BCUT2D eigenvalue weighted by Crippen LogP contribution is 2.26. The summed E-state index contributed by atoms with van der Waals surface area (Å²) in [4.78, 5) is 10.4. The maximum atomic E-state index is 12.2. The van der Waals surface area contributed by atoms with Crippen molar-refractivity contribution < 1.29 is 22.4 Å². The molecular formula is C7H8F4O. The van der Waals surface area contributed by atoms with Gasteiger partial charge in [-0.15, -0.1) is 0 Å². The van der Waals surface area contributed by atoms with Gasteiger partial charge >= 0.3 is 12.3 Å². The molecule has 0 fully saturated rings. The molecule has 5 heteroatoms. The van der Waals surface area contributed by atoms with E-state index in [0.29, 0.717) is 0 Å². The second kappa shape index (κ2) is 3.69. The van der Waals surface area contributed by atoms with E-state index in [9.17, 15) is 22.4 Å². The molecular weight excluding hydrogens is 176 g/mol. The number of alkyl halides is 4. The van der Waals surface area contributed by atoms with E-state index in [1.165, 1.54) is 6.92 Å². The van der Waals surface area contributed by atoms with Gasteiger partial charge in [0.1, 0.15) is 0 Å². The van der Waals surface area contributed by atoms with Crippen molar-refractivity contribution in [2.24, 2.45) is 0 Å². The standard InChI is InChI=1S/C7H8F4O/c1-4(2)3-5(12)7(10,11)6(8)9/h6H,1,3H2,2H3. The summed E-state index contributed by atoms with van der Waals surface area (Å²) in [5.41, 5.74) is 0.139. The molecule has 12 heavy (non-hydrogen) atoms. The Morgan fingerprint density at radius 2 is 1.92 bits per heavy atom. The Kier molecular flexibility index (Phi) is 3.42. The second-order valence-electron chi connectivity index (χ2n) is 2.48. The number of halogens is 4. The van der Waals surface area contributed by atoms with Gasteiger partial charge in [-0.25, -0.2) is 8.78 Å². The van der Waals surface area contributed by atoms with Gasteiger partial charge in [-0.1, -0.05) is 12.2 Å². The van der Waals surface area contributed by atoms with E-state index in [0.717, 1.165) is 0 Å². The third-order valence-corrected chi connectivity index (χ3v) is 1.11. The van der Waals surface area contributed by atoms with Crippen LogP contribution in [0.15, 0.2) is 12.2 Å². The number of Topliss-reactive ketones (excluding diaryl/α,β-unsaturated/α-hetero) is 1. The highest BCUT2D eigenvalue weighted by molar-refractivity contribution is 5.87. The highest BCUT2D eigenvalue weighted by atomic mass is 19.3. The third-order valence-electron chi connectivity index (χ3n) is 1.11. The number of allylic oxidation sites excluding steroid dienone is 1. The van der Waals surface area contributed by atoms with Crippen LogP contribution in [0.25, 0.3) is 0 Å². The topological polar surface area (TPSA) is 17.1 Å². The third kappa shape index (κ3) is 2.64. The smallest absolute Gasteiger partial charge is 0.292 e. The lowest BCUT2D eigenvalue weighted by Crippen LogP contribution is -2.36. The zero-order chi connectivity index (χ0) is 9.94. The molecule has 0 aromatic rings. The van der Waals surface area contributed by atoms with E-state index >= 15 is 0 Å². The number of hydrogen-bond acceptors (Lipinski definition) is 1. The van der Waals surface area contributed by atoms with Gasteiger partial charge in [-0.05, 0) is 6.92 Å². The van der Waals surface area contributed by atoms with Gasteiger partial charge < -0.3 is 0 Å². The number of rotatable bonds is 4. The maximum Gasteiger partial charge on any atom is 0.364 e. The quantitative estimate of drug-likeness (QED) is 0.484. The summed E-state index contributed by atoms with van der Waals surface area (Å²) in [7, 11) is 0. The predicted molar refractivity (Wildman–Crippen MR) is 35.4 cm³/mol. The minimum absolute atomic E-state index is 0.139. The fourth-order valence-corrected chi connectivity index (χ4v) is 0.514. The van der Waals surface area contributed by atoms with Crippen molar-refractivity contribution in [3.8, 4) is 0 Å². The second-order valence-corrected chi connectivity index (χ2v) is 2.48. The molecule has 1 nitrogen and oxygen atoms in total. The normalized spacial score (nSPS) is 11.8. The van der Waals surface area contributed by atoms with Crippen LogP contribution < -0.4 is 0 Å². The maximum absolute atomic E-state index is 12.2. The van der Waals surface area contributed by atoms with E-state index in [1.54, 1.807) is 0 Å². The van der Waals surface area contributed by atoms with E-state index < -0.39 is 24.6 Å². The molecule has 0 spiro atoms. The molecule has 0 unspecified atom stereocenters. The van der Waals surface area contributed by atoms with Crippen LogP contribution in [0.1, 0.15) is 13.3 Å². The van der Waals surface area contributed by atoms with Crippen LogP contribution >= 0.6 is 0 Å². The van der Waals surface area contributed by atoms with Crippen molar-refractivity contribution in [3.05, 3.63) is 12.2 Å². The Morgan fingerprint density at radius 1 is 1.50 bits per heavy atom. The zero-order valence-electron chi connectivity index (χ0n) is 6.41. The highest BCUT2D eigenvalue weighted by Gasteiger charge is 2.47. The molecule has 0 radical (unpaired) electrons. The Hall–Kier alpha value is -0.870. The van der Waals surface area contributed by atoms with Gasteiger partial charge in [-0.3, -0.25) is 4.79 Å². The van der Waals surface area contributed by atoms with Crippen molar-refractivity contribution in [3.63, 3.8) is 0 Å². The van der Waals surface area contributed by atoms with Gasteiger partial charge in [0.15, 0.2) is 0 Å². The Labute approximate surface area is 67.1 Å². The summed E-state index contributed by atoms with van der Waals surface area (Å²) in [5, 5.41) is 0. The molecule has 0 aromatic heterocycles. The summed E-state index contributed by atoms with van der Waals surface area (Å²) >= 11 is 0. The lowest BCUT2D eigenvalue weighted by atomic mass is 10.1. The molecule has 0 saturated carbocycles. The zero-order valence-corrected chi connectivity index (χ0v) is 6.41. The average molecular weight is 184 g/mol. The molecule has 0 rings (SSSR count). The largest absolute Gasteiger partial charge is 0.364 e. The first-order valence-electron chi connectivity index (χ1n) is 3.12. The predicted octanol–water partition coefficient (Wildman–Crippen LogP) is 2.42. The van der Waals surface area contributed by atoms with Crippen molar-refractivity contribution in [1.82, 2.24) is 0 Å². The number of ketones is 1. The van der Waals surface area contributed by atoms with Crippen molar-refractivity contribution >= 4 is 5.78 Å². The molecule has 0 aliphatic carbocycles. The summed E-state index contributed by atoms with van der Waals surface area (Å²) in [6.45, 7) is 4.49. The van der Waals surface area contributed by atoms with Crippen LogP contribution in [0.4, 0.5) is 17.6 Å². The summed E-state index contributed by atoms with van der Waals surface area (Å²) < 4.78 is 47.3. The summed E-state index contributed by atoms with van der Waals surface area (Å²) in [6.07, 6.45) is -4.65. The Morgan fingerprint density at radius 3 is 2.17 bits per heavy atom. The first-order chi connectivity index (χ1) is 5.28. The Balaban J connectivity index is 4.36. The lowest BCUT2D eigenvalue weighted by Gasteiger charge is -2.12. The molecule has 0 N–H and O–H groups in total. The average Bonchev–Trinajstić information content (AvgIpc) is 1.85. The molecule has 0 bridgehead atoms. The molecule has 0 aliphatic rings. The van der Waals surface area contributed by atoms with E-state index in [4.69, 9.17) is 0 Å². The van der Waals surface area contributed by atoms with Crippen LogP contribution in [0.2, 0.25) is 0 Å². The summed E-state index contributed by atoms with van der Waals surface area (Å²) in [5.74, 6) is -6.33. The van der Waals surface area contributed by atoms with Gasteiger partial charge in [0.25, 0.3) is 0 Å². The van der Waals surface area contributed by atoms with Crippen molar-refractivity contribution in [2.45, 2.75) is 25.7 Å². The van der Waals surface area contributed by atoms with Crippen LogP contribution in [-0.4, -0.2) is 18.1 Å². The number of carbonyl (C=O) groups excluding carboxylic acids is 1. The number of carbonyl (C=O) groups is 1. The van der Waals surface area contributed by atoms with Crippen LogP contribution in [0, 0.1) is 0 Å². The van der Waals surface area contributed by atoms with Crippen molar-refractivity contribution in [1.29, 1.82) is 0 Å². The number of hydrogen-bond donors (Lipinski definition) is 0. The summed E-state index contributed by atoms with van der Waals surface area (Å²) in [6, 6.07) is 0. The van der Waals surface area contributed by atoms with Gasteiger partial charge in [0.05, 0.1) is 0 Å². The molecule has 0 aliphatic heterocycles. The van der Waals surface area contributed by atoms with Crippen LogP contribution in [-0.2, 0) is 4.79 Å². The van der Waals surface area contributed by atoms with Gasteiger partial charge in [-0.2, -0.15) is 8.78 Å². The fraction of sp³-hybridized carbons (Fsp3) is 0.571. The van der Waals surface area contributed by atoms with Crippen LogP contribution in [0.3, 0.4) is 0 Å². The first kappa shape index (κ1) is 11.1. The van der Waals surface area contributed by atoms with E-state index in [2.05, 4.69) is 6.58 Å². The van der Waals surface area contributed by atoms with Gasteiger partial charge in [0, 0.05) is 6.42 Å². The molecule has 0 atom stereocenters. The van der Waals surface area contributed by atoms with E-state index in [-0.39, 0.29) is 5.57 Å². The molecule has 0 amide bonds. The SMILES string of the molecule is C=C(C)CC(=O)C(F)(F)C(F)F. The molecule has 0 aromatic carbocycles. The molecule has 70 valence electrons.